The molecular formula is C40H29BN4. The van der Waals surface area contributed by atoms with Crippen LogP contribution in [0, 0.1) is 6.92 Å². The molecule has 0 fully saturated rings. The minimum atomic E-state index is 0.0376. The molecule has 1 aliphatic rings. The van der Waals surface area contributed by atoms with Crippen LogP contribution >= 0.6 is 0 Å². The van der Waals surface area contributed by atoms with Crippen LogP contribution in [0.5, 0.6) is 0 Å². The first-order valence-electron chi connectivity index (χ1n) is 15.2. The van der Waals surface area contributed by atoms with Gasteiger partial charge in [-0.2, -0.15) is 0 Å². The van der Waals surface area contributed by atoms with Crippen LogP contribution in [0.1, 0.15) is 5.56 Å². The third-order valence-electron chi connectivity index (χ3n) is 8.61. The summed E-state index contributed by atoms with van der Waals surface area (Å²) in [6, 6.07) is 51.3. The Hall–Kier alpha value is -5.81. The largest absolute Gasteiger partial charge is 0.376 e. The molecule has 0 saturated heterocycles. The Morgan fingerprint density at radius 2 is 1.07 bits per heavy atom. The van der Waals surface area contributed by atoms with Crippen molar-refractivity contribution in [2.24, 2.45) is 0 Å². The van der Waals surface area contributed by atoms with Gasteiger partial charge in [-0.15, -0.1) is 0 Å². The van der Waals surface area contributed by atoms with Gasteiger partial charge in [0.05, 0.1) is 22.8 Å². The molecule has 0 saturated carbocycles. The SMILES string of the molecule is Cc1ccccc1B1c2ccccc2-c2ccccc2N1c1ccc(-c2cc(-c3ccccn3)nc(-c3ccccn3)c2)cc1. The molecule has 0 unspecified atom stereocenters. The molecule has 212 valence electrons. The highest BCUT2D eigenvalue weighted by molar-refractivity contribution is 6.91. The Labute approximate surface area is 263 Å². The second-order valence-electron chi connectivity index (χ2n) is 11.3. The van der Waals surface area contributed by atoms with Crippen molar-refractivity contribution < 1.29 is 0 Å². The molecule has 45 heavy (non-hydrogen) atoms. The standard InChI is InChI=1S/C40H29BN4/c1-28-12-2-5-15-34(28)41-35-16-6-3-13-32(35)33-14-4-7-19-40(33)45(41)31-22-20-29(21-23-31)30-26-38(36-17-8-10-24-42-36)44-39(27-30)37-18-9-11-25-43-37/h2-27H,1H3. The topological polar surface area (TPSA) is 41.9 Å². The maximum Gasteiger partial charge on any atom is 0.329 e. The molecule has 0 bridgehead atoms. The Morgan fingerprint density at radius 1 is 0.489 bits per heavy atom. The maximum absolute atomic E-state index is 4.96. The molecule has 4 nitrogen and oxygen atoms in total. The number of benzene rings is 4. The second-order valence-corrected chi connectivity index (χ2v) is 11.3. The summed E-state index contributed by atoms with van der Waals surface area (Å²) in [5, 5.41) is 0. The highest BCUT2D eigenvalue weighted by atomic mass is 15.1. The van der Waals surface area contributed by atoms with E-state index in [9.17, 15) is 0 Å². The molecule has 0 aliphatic carbocycles. The van der Waals surface area contributed by atoms with Gasteiger partial charge in [-0.05, 0) is 89.1 Å². The van der Waals surface area contributed by atoms with E-state index < -0.39 is 0 Å². The van der Waals surface area contributed by atoms with Crippen LogP contribution in [0.15, 0.2) is 158 Å². The predicted octanol–water partition coefficient (Wildman–Crippen LogP) is 8.11. The highest BCUT2D eigenvalue weighted by Gasteiger charge is 2.37. The van der Waals surface area contributed by atoms with Gasteiger partial charge in [-0.3, -0.25) is 9.97 Å². The predicted molar refractivity (Wildman–Crippen MR) is 186 cm³/mol. The molecule has 3 aromatic heterocycles. The van der Waals surface area contributed by atoms with E-state index in [0.717, 1.165) is 39.6 Å². The summed E-state index contributed by atoms with van der Waals surface area (Å²) in [4.78, 5) is 16.6. The van der Waals surface area contributed by atoms with E-state index in [4.69, 9.17) is 4.98 Å². The van der Waals surface area contributed by atoms with E-state index >= 15 is 0 Å². The van der Waals surface area contributed by atoms with Crippen LogP contribution in [-0.2, 0) is 0 Å². The Bertz CT molecular complexity index is 2070. The number of anilines is 2. The van der Waals surface area contributed by atoms with E-state index in [1.165, 1.54) is 33.3 Å². The normalized spacial score (nSPS) is 12.0. The van der Waals surface area contributed by atoms with E-state index in [1.54, 1.807) is 12.4 Å². The number of rotatable bonds is 5. The summed E-state index contributed by atoms with van der Waals surface area (Å²) in [6.07, 6.45) is 3.61. The van der Waals surface area contributed by atoms with E-state index in [1.807, 2.05) is 36.4 Å². The van der Waals surface area contributed by atoms with Crippen LogP contribution in [-0.4, -0.2) is 21.8 Å². The molecular weight excluding hydrogens is 547 g/mol. The smallest absolute Gasteiger partial charge is 0.329 e. The lowest BCUT2D eigenvalue weighted by Crippen LogP contribution is -2.58. The number of fused-ring (bicyclic) bond motifs is 3. The number of hydrogen-bond donors (Lipinski definition) is 0. The molecule has 0 spiro atoms. The van der Waals surface area contributed by atoms with Gasteiger partial charge in [0.25, 0.3) is 0 Å². The van der Waals surface area contributed by atoms with Crippen LogP contribution in [0.25, 0.3) is 45.0 Å². The van der Waals surface area contributed by atoms with Gasteiger partial charge in [-0.1, -0.05) is 96.6 Å². The average Bonchev–Trinajstić information content (AvgIpc) is 3.12. The van der Waals surface area contributed by atoms with Gasteiger partial charge >= 0.3 is 6.85 Å². The minimum absolute atomic E-state index is 0.0376. The van der Waals surface area contributed by atoms with Gasteiger partial charge in [-0.25, -0.2) is 4.98 Å². The molecule has 5 heteroatoms. The number of nitrogens with zero attached hydrogens (tertiary/aromatic N) is 4. The fourth-order valence-corrected chi connectivity index (χ4v) is 6.46. The fourth-order valence-electron chi connectivity index (χ4n) is 6.46. The van der Waals surface area contributed by atoms with Gasteiger partial charge in [0.2, 0.25) is 0 Å². The van der Waals surface area contributed by atoms with E-state index in [-0.39, 0.29) is 6.85 Å². The monoisotopic (exact) mass is 576 g/mol. The van der Waals surface area contributed by atoms with Crippen LogP contribution in [0.3, 0.4) is 0 Å². The Kier molecular flexibility index (Phi) is 6.77. The zero-order valence-electron chi connectivity index (χ0n) is 24.9. The van der Waals surface area contributed by atoms with Crippen molar-refractivity contribution in [3.8, 4) is 45.0 Å². The van der Waals surface area contributed by atoms with Crippen LogP contribution in [0.4, 0.5) is 11.4 Å². The van der Waals surface area contributed by atoms with Crippen molar-refractivity contribution in [3.63, 3.8) is 0 Å². The molecule has 8 rings (SSSR count). The summed E-state index contributed by atoms with van der Waals surface area (Å²) >= 11 is 0. The average molecular weight is 577 g/mol. The molecule has 4 aromatic carbocycles. The molecule has 4 heterocycles. The summed E-state index contributed by atoms with van der Waals surface area (Å²) < 4.78 is 0. The van der Waals surface area contributed by atoms with E-state index in [0.29, 0.717) is 0 Å². The number of aromatic nitrogens is 3. The summed E-state index contributed by atoms with van der Waals surface area (Å²) in [5.41, 5.74) is 14.2. The van der Waals surface area contributed by atoms with E-state index in [2.05, 4.69) is 131 Å². The van der Waals surface area contributed by atoms with Gasteiger partial charge in [0, 0.05) is 29.3 Å². The quantitative estimate of drug-likeness (QED) is 0.194. The van der Waals surface area contributed by atoms with Gasteiger partial charge in [0.15, 0.2) is 0 Å². The lowest BCUT2D eigenvalue weighted by atomic mass is 9.45. The molecule has 1 aliphatic heterocycles. The Balaban J connectivity index is 1.27. The van der Waals surface area contributed by atoms with Crippen molar-refractivity contribution in [2.75, 3.05) is 4.81 Å². The number of aryl methyl sites for hydroxylation is 1. The van der Waals surface area contributed by atoms with Gasteiger partial charge in [0.1, 0.15) is 0 Å². The molecule has 0 atom stereocenters. The third-order valence-corrected chi connectivity index (χ3v) is 8.61. The van der Waals surface area contributed by atoms with Crippen molar-refractivity contribution >= 4 is 29.1 Å². The first-order valence-corrected chi connectivity index (χ1v) is 15.2. The summed E-state index contributed by atoms with van der Waals surface area (Å²) in [6.45, 7) is 2.25. The van der Waals surface area contributed by atoms with Crippen molar-refractivity contribution in [1.82, 2.24) is 15.0 Å². The molecule has 7 aromatic rings. The lowest BCUT2D eigenvalue weighted by molar-refractivity contribution is 1.22. The first-order chi connectivity index (χ1) is 22.2. The van der Waals surface area contributed by atoms with Gasteiger partial charge < -0.3 is 4.81 Å². The highest BCUT2D eigenvalue weighted by Crippen LogP contribution is 2.40. The molecule has 0 N–H and O–H groups in total. The number of para-hydroxylation sites is 1. The third kappa shape index (κ3) is 4.89. The number of pyridine rings is 3. The summed E-state index contributed by atoms with van der Waals surface area (Å²) in [7, 11) is 0. The fraction of sp³-hybridized carbons (Fsp3) is 0.0250. The number of hydrogen-bond acceptors (Lipinski definition) is 4. The maximum atomic E-state index is 4.96. The Morgan fingerprint density at radius 3 is 1.71 bits per heavy atom. The lowest BCUT2D eigenvalue weighted by Gasteiger charge is -2.39. The first kappa shape index (κ1) is 26.8. The second kappa shape index (κ2) is 11.4. The van der Waals surface area contributed by atoms with Crippen LogP contribution in [0.2, 0.25) is 0 Å². The zero-order chi connectivity index (χ0) is 30.2. The van der Waals surface area contributed by atoms with Crippen molar-refractivity contribution in [3.05, 3.63) is 164 Å². The van der Waals surface area contributed by atoms with Crippen LogP contribution < -0.4 is 15.7 Å². The summed E-state index contributed by atoms with van der Waals surface area (Å²) in [5.74, 6) is 0. The molecule has 0 radical (unpaired) electrons. The van der Waals surface area contributed by atoms with Crippen molar-refractivity contribution in [2.45, 2.75) is 6.92 Å². The van der Waals surface area contributed by atoms with Crippen molar-refractivity contribution in [1.29, 1.82) is 0 Å². The zero-order valence-corrected chi connectivity index (χ0v) is 24.9. The molecule has 0 amide bonds. The minimum Gasteiger partial charge on any atom is -0.376 e.